The lowest BCUT2D eigenvalue weighted by Gasteiger charge is -2.06. The molecule has 0 fully saturated rings. The van der Waals surface area contributed by atoms with E-state index in [1.54, 1.807) is 30.3 Å². The molecule has 0 heterocycles. The Hall–Kier alpha value is -1.45. The van der Waals surface area contributed by atoms with Gasteiger partial charge in [0, 0.05) is 10.5 Å². The van der Waals surface area contributed by atoms with E-state index < -0.39 is 10.8 Å². The fourth-order valence-electron chi connectivity index (χ4n) is 1.82. The average molecular weight is 307 g/mol. The standard InChI is InChI=1S/C16H15ClO2S/c1-11-7-8-13(9-12(11)2)20(19)10-16(18)14-5-3-4-6-15(14)17/h3-9H,10H2,1-2H3. The fraction of sp³-hybridized carbons (Fsp3) is 0.188. The van der Waals surface area contributed by atoms with Gasteiger partial charge in [-0.15, -0.1) is 0 Å². The van der Waals surface area contributed by atoms with E-state index in [0.717, 1.165) is 11.1 Å². The summed E-state index contributed by atoms with van der Waals surface area (Å²) in [7, 11) is -1.35. The van der Waals surface area contributed by atoms with Crippen LogP contribution < -0.4 is 0 Å². The quantitative estimate of drug-likeness (QED) is 0.802. The molecule has 2 aromatic rings. The van der Waals surface area contributed by atoms with Crippen molar-refractivity contribution in [1.29, 1.82) is 0 Å². The predicted molar refractivity (Wildman–Crippen MR) is 83.0 cm³/mol. The van der Waals surface area contributed by atoms with E-state index in [1.807, 2.05) is 26.0 Å². The van der Waals surface area contributed by atoms with Crippen molar-refractivity contribution in [1.82, 2.24) is 0 Å². The summed E-state index contributed by atoms with van der Waals surface area (Å²) in [6, 6.07) is 12.4. The van der Waals surface area contributed by atoms with E-state index in [1.165, 1.54) is 0 Å². The minimum atomic E-state index is -1.35. The molecular formula is C16H15ClO2S. The molecular weight excluding hydrogens is 292 g/mol. The van der Waals surface area contributed by atoms with E-state index >= 15 is 0 Å². The maximum atomic E-state index is 12.3. The third kappa shape index (κ3) is 3.35. The Morgan fingerprint density at radius 1 is 1.10 bits per heavy atom. The summed E-state index contributed by atoms with van der Waals surface area (Å²) in [6.45, 7) is 3.96. The first kappa shape index (κ1) is 14.9. The van der Waals surface area contributed by atoms with Gasteiger partial charge in [0.2, 0.25) is 0 Å². The van der Waals surface area contributed by atoms with Crippen molar-refractivity contribution in [3.05, 3.63) is 64.2 Å². The van der Waals surface area contributed by atoms with Crippen LogP contribution in [0.1, 0.15) is 21.5 Å². The highest BCUT2D eigenvalue weighted by Gasteiger charge is 2.15. The molecule has 0 bridgehead atoms. The van der Waals surface area contributed by atoms with Crippen molar-refractivity contribution in [3.8, 4) is 0 Å². The number of carbonyl (C=O) groups is 1. The van der Waals surface area contributed by atoms with Gasteiger partial charge in [-0.25, -0.2) is 0 Å². The van der Waals surface area contributed by atoms with E-state index in [-0.39, 0.29) is 11.5 Å². The van der Waals surface area contributed by atoms with E-state index in [4.69, 9.17) is 11.6 Å². The first-order valence-corrected chi connectivity index (χ1v) is 7.92. The first-order valence-electron chi connectivity index (χ1n) is 6.22. The van der Waals surface area contributed by atoms with Gasteiger partial charge in [0.15, 0.2) is 5.78 Å². The molecule has 104 valence electrons. The minimum Gasteiger partial charge on any atom is -0.293 e. The molecule has 20 heavy (non-hydrogen) atoms. The molecule has 2 aromatic carbocycles. The van der Waals surface area contributed by atoms with E-state index in [9.17, 15) is 9.00 Å². The van der Waals surface area contributed by atoms with Gasteiger partial charge in [0.05, 0.1) is 21.6 Å². The maximum absolute atomic E-state index is 12.3. The number of rotatable bonds is 4. The van der Waals surface area contributed by atoms with Crippen LogP contribution in [0.2, 0.25) is 5.02 Å². The van der Waals surface area contributed by atoms with Crippen LogP contribution in [0.25, 0.3) is 0 Å². The maximum Gasteiger partial charge on any atom is 0.177 e. The second-order valence-corrected chi connectivity index (χ2v) is 6.50. The number of hydrogen-bond acceptors (Lipinski definition) is 2. The summed E-state index contributed by atoms with van der Waals surface area (Å²) in [5.41, 5.74) is 2.63. The Balaban J connectivity index is 2.17. The van der Waals surface area contributed by atoms with Crippen molar-refractivity contribution in [3.63, 3.8) is 0 Å². The molecule has 1 atom stereocenters. The summed E-state index contributed by atoms with van der Waals surface area (Å²) in [5.74, 6) is -0.251. The SMILES string of the molecule is Cc1ccc(S(=O)CC(=O)c2ccccc2Cl)cc1C. The van der Waals surface area contributed by atoms with Gasteiger partial charge < -0.3 is 0 Å². The molecule has 0 aliphatic rings. The number of Topliss-reactive ketones (excluding diaryl/α,β-unsaturated/α-hetero) is 1. The lowest BCUT2D eigenvalue weighted by molar-refractivity contribution is 0.102. The smallest absolute Gasteiger partial charge is 0.177 e. The van der Waals surface area contributed by atoms with Crippen molar-refractivity contribution in [2.75, 3.05) is 5.75 Å². The summed E-state index contributed by atoms with van der Waals surface area (Å²) in [6.07, 6.45) is 0. The van der Waals surface area contributed by atoms with Gasteiger partial charge in [-0.1, -0.05) is 29.8 Å². The Morgan fingerprint density at radius 2 is 1.80 bits per heavy atom. The van der Waals surface area contributed by atoms with Gasteiger partial charge >= 0.3 is 0 Å². The molecule has 0 aromatic heterocycles. The molecule has 4 heteroatoms. The largest absolute Gasteiger partial charge is 0.293 e. The number of hydrogen-bond donors (Lipinski definition) is 0. The number of carbonyl (C=O) groups excluding carboxylic acids is 1. The fourth-order valence-corrected chi connectivity index (χ4v) is 3.15. The van der Waals surface area contributed by atoms with Gasteiger partial charge in [-0.2, -0.15) is 0 Å². The highest BCUT2D eigenvalue weighted by Crippen LogP contribution is 2.18. The first-order chi connectivity index (χ1) is 9.49. The zero-order valence-electron chi connectivity index (χ0n) is 11.4. The van der Waals surface area contributed by atoms with Crippen LogP contribution in [-0.2, 0) is 10.8 Å². The minimum absolute atomic E-state index is 0.0494. The highest BCUT2D eigenvalue weighted by molar-refractivity contribution is 7.85. The molecule has 0 saturated carbocycles. The monoisotopic (exact) mass is 306 g/mol. The summed E-state index contributed by atoms with van der Waals surface area (Å²) in [4.78, 5) is 12.8. The molecule has 0 spiro atoms. The van der Waals surface area contributed by atoms with E-state index in [2.05, 4.69) is 0 Å². The summed E-state index contributed by atoms with van der Waals surface area (Å²) in [5, 5.41) is 0.398. The normalized spacial score (nSPS) is 12.2. The van der Waals surface area contributed by atoms with Crippen molar-refractivity contribution < 1.29 is 9.00 Å². The second-order valence-electron chi connectivity index (χ2n) is 4.64. The molecule has 0 aliphatic heterocycles. The lowest BCUT2D eigenvalue weighted by Crippen LogP contribution is -2.11. The molecule has 0 aliphatic carbocycles. The van der Waals surface area contributed by atoms with Crippen LogP contribution in [0.5, 0.6) is 0 Å². The molecule has 0 saturated heterocycles. The zero-order valence-corrected chi connectivity index (χ0v) is 12.9. The molecule has 0 radical (unpaired) electrons. The van der Waals surface area contributed by atoms with Crippen molar-refractivity contribution in [2.24, 2.45) is 0 Å². The van der Waals surface area contributed by atoms with Crippen molar-refractivity contribution in [2.45, 2.75) is 18.7 Å². The Kier molecular flexibility index (Phi) is 4.73. The number of benzene rings is 2. The van der Waals surface area contributed by atoms with Gasteiger partial charge in [0.25, 0.3) is 0 Å². The number of ketones is 1. The molecule has 0 N–H and O–H groups in total. The molecule has 0 amide bonds. The average Bonchev–Trinajstić information content (AvgIpc) is 2.42. The van der Waals surface area contributed by atoms with Crippen LogP contribution >= 0.6 is 11.6 Å². The van der Waals surface area contributed by atoms with E-state index in [0.29, 0.717) is 15.5 Å². The van der Waals surface area contributed by atoms with Crippen molar-refractivity contribution >= 4 is 28.2 Å². The number of aryl methyl sites for hydroxylation is 2. The topological polar surface area (TPSA) is 34.1 Å². The second kappa shape index (κ2) is 6.33. The molecule has 2 rings (SSSR count). The Bertz CT molecular complexity index is 680. The van der Waals surface area contributed by atoms with Crippen LogP contribution in [0.15, 0.2) is 47.4 Å². The predicted octanol–water partition coefficient (Wildman–Crippen LogP) is 3.95. The molecule has 2 nitrogen and oxygen atoms in total. The van der Waals surface area contributed by atoms with Crippen LogP contribution in [0.3, 0.4) is 0 Å². The summed E-state index contributed by atoms with van der Waals surface area (Å²) >= 11 is 5.97. The zero-order chi connectivity index (χ0) is 14.7. The summed E-state index contributed by atoms with van der Waals surface area (Å²) < 4.78 is 12.3. The van der Waals surface area contributed by atoms with Crippen LogP contribution in [-0.4, -0.2) is 15.7 Å². The van der Waals surface area contributed by atoms with Gasteiger partial charge in [-0.3, -0.25) is 9.00 Å². The van der Waals surface area contributed by atoms with Gasteiger partial charge in [0.1, 0.15) is 0 Å². The van der Waals surface area contributed by atoms with Gasteiger partial charge in [-0.05, 0) is 49.2 Å². The Labute approximate surface area is 126 Å². The number of halogens is 1. The third-order valence-corrected chi connectivity index (χ3v) is 4.81. The van der Waals surface area contributed by atoms with Crippen LogP contribution in [0.4, 0.5) is 0 Å². The molecule has 1 unspecified atom stereocenters. The Morgan fingerprint density at radius 3 is 2.45 bits per heavy atom. The highest BCUT2D eigenvalue weighted by atomic mass is 35.5. The third-order valence-electron chi connectivity index (χ3n) is 3.18. The van der Waals surface area contributed by atoms with Crippen LogP contribution in [0, 0.1) is 13.8 Å². The lowest BCUT2D eigenvalue weighted by atomic mass is 10.1.